The van der Waals surface area contributed by atoms with E-state index >= 15 is 0 Å². The van der Waals surface area contributed by atoms with Crippen molar-refractivity contribution in [2.45, 2.75) is 44.6 Å². The number of sulfonamides is 1. The lowest BCUT2D eigenvalue weighted by Crippen LogP contribution is -2.44. The first-order valence-corrected chi connectivity index (χ1v) is 12.0. The molecule has 1 saturated heterocycles. The number of hydrogen-bond acceptors (Lipinski definition) is 7. The number of carbonyl (C=O) groups excluding carboxylic acids is 2. The summed E-state index contributed by atoms with van der Waals surface area (Å²) in [5, 5.41) is 3.75. The van der Waals surface area contributed by atoms with Crippen LogP contribution in [-0.2, 0) is 30.9 Å². The van der Waals surface area contributed by atoms with Gasteiger partial charge in [-0.2, -0.15) is 4.31 Å². The number of aryl methyl sites for hydroxylation is 2. The summed E-state index contributed by atoms with van der Waals surface area (Å²) in [6.07, 6.45) is 0.921. The van der Waals surface area contributed by atoms with E-state index in [0.29, 0.717) is 25.1 Å². The van der Waals surface area contributed by atoms with Gasteiger partial charge >= 0.3 is 5.97 Å². The van der Waals surface area contributed by atoms with E-state index in [1.54, 1.807) is 18.7 Å². The number of amides is 1. The molecule has 0 saturated carbocycles. The monoisotopic (exact) mass is 463 g/mol. The van der Waals surface area contributed by atoms with Gasteiger partial charge in [0.25, 0.3) is 0 Å². The Bertz CT molecular complexity index is 1020. The van der Waals surface area contributed by atoms with Crippen LogP contribution in [0.15, 0.2) is 39.8 Å². The molecule has 9 nitrogen and oxygen atoms in total. The number of esters is 1. The van der Waals surface area contributed by atoms with E-state index < -0.39 is 10.0 Å². The lowest BCUT2D eigenvalue weighted by atomic mass is 9.96. The van der Waals surface area contributed by atoms with Gasteiger partial charge in [-0.15, -0.1) is 0 Å². The van der Waals surface area contributed by atoms with Gasteiger partial charge in [-0.1, -0.05) is 35.5 Å². The van der Waals surface area contributed by atoms with E-state index in [4.69, 9.17) is 9.26 Å². The number of piperidine rings is 1. The van der Waals surface area contributed by atoms with Crippen molar-refractivity contribution >= 4 is 21.9 Å². The Morgan fingerprint density at radius 3 is 2.41 bits per heavy atom. The maximum atomic E-state index is 13.3. The van der Waals surface area contributed by atoms with Crippen molar-refractivity contribution in [1.82, 2.24) is 14.4 Å². The number of methoxy groups -OCH3 is 1. The molecule has 0 unspecified atom stereocenters. The van der Waals surface area contributed by atoms with Crippen LogP contribution in [0.3, 0.4) is 0 Å². The average Bonchev–Trinajstić information content (AvgIpc) is 3.15. The number of rotatable bonds is 8. The normalized spacial score (nSPS) is 15.5. The number of nitrogens with zero attached hydrogens (tertiary/aromatic N) is 3. The largest absolute Gasteiger partial charge is 0.469 e. The summed E-state index contributed by atoms with van der Waals surface area (Å²) >= 11 is 0. The van der Waals surface area contributed by atoms with Crippen molar-refractivity contribution in [2.24, 2.45) is 5.92 Å². The summed E-state index contributed by atoms with van der Waals surface area (Å²) in [5.74, 6) is -0.506. The van der Waals surface area contributed by atoms with Crippen LogP contribution in [0.5, 0.6) is 0 Å². The fraction of sp³-hybridized carbons (Fsp3) is 0.500. The molecule has 0 atom stereocenters. The Morgan fingerprint density at radius 1 is 1.19 bits per heavy atom. The fourth-order valence-electron chi connectivity index (χ4n) is 3.97. The van der Waals surface area contributed by atoms with Crippen LogP contribution in [0.1, 0.15) is 36.3 Å². The van der Waals surface area contributed by atoms with Crippen LogP contribution in [0.2, 0.25) is 0 Å². The quantitative estimate of drug-likeness (QED) is 0.552. The number of ether oxygens (including phenoxy) is 1. The third kappa shape index (κ3) is 5.36. The Hall–Kier alpha value is -2.72. The van der Waals surface area contributed by atoms with Gasteiger partial charge in [0, 0.05) is 32.1 Å². The van der Waals surface area contributed by atoms with Gasteiger partial charge in [0.2, 0.25) is 15.9 Å². The molecule has 1 aliphatic rings. The van der Waals surface area contributed by atoms with Crippen molar-refractivity contribution in [3.63, 3.8) is 0 Å². The molecule has 3 rings (SSSR count). The van der Waals surface area contributed by atoms with E-state index in [1.165, 1.54) is 11.4 Å². The summed E-state index contributed by atoms with van der Waals surface area (Å²) in [4.78, 5) is 26.7. The zero-order valence-corrected chi connectivity index (χ0v) is 19.4. The maximum absolute atomic E-state index is 13.3. The third-order valence-corrected chi connectivity index (χ3v) is 7.85. The highest BCUT2D eigenvalue weighted by Crippen LogP contribution is 2.28. The molecule has 0 N–H and O–H groups in total. The molecule has 1 fully saturated rings. The highest BCUT2D eigenvalue weighted by Gasteiger charge is 2.36. The van der Waals surface area contributed by atoms with Gasteiger partial charge in [-0.05, 0) is 32.3 Å². The molecule has 0 radical (unpaired) electrons. The van der Waals surface area contributed by atoms with Crippen molar-refractivity contribution in [1.29, 1.82) is 0 Å². The number of carbonyl (C=O) groups is 2. The van der Waals surface area contributed by atoms with Gasteiger partial charge in [-0.25, -0.2) is 8.42 Å². The number of benzene rings is 1. The average molecular weight is 464 g/mol. The Morgan fingerprint density at radius 2 is 1.84 bits per heavy atom. The molecule has 32 heavy (non-hydrogen) atoms. The minimum Gasteiger partial charge on any atom is -0.469 e. The molecule has 2 heterocycles. The van der Waals surface area contributed by atoms with Gasteiger partial charge in [0.1, 0.15) is 10.6 Å². The Balaban J connectivity index is 1.68. The van der Waals surface area contributed by atoms with E-state index in [-0.39, 0.29) is 54.5 Å². The van der Waals surface area contributed by atoms with Gasteiger partial charge < -0.3 is 14.2 Å². The third-order valence-electron chi connectivity index (χ3n) is 5.71. The number of aromatic nitrogens is 1. The predicted molar refractivity (Wildman–Crippen MR) is 116 cm³/mol. The summed E-state index contributed by atoms with van der Waals surface area (Å²) in [6, 6.07) is 9.56. The van der Waals surface area contributed by atoms with Gasteiger partial charge in [-0.3, -0.25) is 9.59 Å². The molecule has 0 aliphatic carbocycles. The van der Waals surface area contributed by atoms with Crippen molar-refractivity contribution < 1.29 is 27.3 Å². The van der Waals surface area contributed by atoms with Gasteiger partial charge in [0.15, 0.2) is 5.76 Å². The lowest BCUT2D eigenvalue weighted by Gasteiger charge is -2.33. The van der Waals surface area contributed by atoms with E-state index in [9.17, 15) is 18.0 Å². The summed E-state index contributed by atoms with van der Waals surface area (Å²) in [5.41, 5.74) is 1.29. The van der Waals surface area contributed by atoms with E-state index in [1.807, 2.05) is 30.3 Å². The van der Waals surface area contributed by atoms with Crippen LogP contribution in [-0.4, -0.2) is 61.4 Å². The topological polar surface area (TPSA) is 110 Å². The molecule has 174 valence electrons. The van der Waals surface area contributed by atoms with Crippen LogP contribution >= 0.6 is 0 Å². The first-order chi connectivity index (χ1) is 15.2. The standard InChI is InChI=1S/C22H29N3O6S/c1-16-21(17(2)31-23-16)32(28,29)25-13-9-19(10-14-25)22(27)24(12-11-20(26)30-3)15-18-7-5-4-6-8-18/h4-8,19H,9-15H2,1-3H3. The minimum absolute atomic E-state index is 0.0767. The minimum atomic E-state index is -3.73. The fourth-order valence-corrected chi connectivity index (χ4v) is 5.73. The molecule has 1 aromatic heterocycles. The predicted octanol–water partition coefficient (Wildman–Crippen LogP) is 2.28. The molecular formula is C22H29N3O6S. The summed E-state index contributed by atoms with van der Waals surface area (Å²) < 4.78 is 37.2. The Kier molecular flexibility index (Phi) is 7.68. The molecule has 1 aromatic carbocycles. The van der Waals surface area contributed by atoms with E-state index in [2.05, 4.69) is 5.16 Å². The first kappa shape index (κ1) is 23.9. The second-order valence-electron chi connectivity index (χ2n) is 7.90. The lowest BCUT2D eigenvalue weighted by molar-refractivity contribution is -0.143. The van der Waals surface area contributed by atoms with Crippen LogP contribution in [0, 0.1) is 19.8 Å². The maximum Gasteiger partial charge on any atom is 0.307 e. The van der Waals surface area contributed by atoms with Gasteiger partial charge in [0.05, 0.1) is 13.5 Å². The second-order valence-corrected chi connectivity index (χ2v) is 9.78. The van der Waals surface area contributed by atoms with Crippen molar-refractivity contribution in [3.05, 3.63) is 47.3 Å². The van der Waals surface area contributed by atoms with Crippen molar-refractivity contribution in [2.75, 3.05) is 26.7 Å². The SMILES string of the molecule is COC(=O)CCN(Cc1ccccc1)C(=O)C1CCN(S(=O)(=O)c2c(C)noc2C)CC1. The molecule has 0 spiro atoms. The molecule has 0 bridgehead atoms. The summed E-state index contributed by atoms with van der Waals surface area (Å²) in [7, 11) is -2.41. The zero-order chi connectivity index (χ0) is 23.3. The van der Waals surface area contributed by atoms with E-state index in [0.717, 1.165) is 5.56 Å². The van der Waals surface area contributed by atoms with Crippen LogP contribution in [0.25, 0.3) is 0 Å². The zero-order valence-electron chi connectivity index (χ0n) is 18.6. The molecule has 1 aliphatic heterocycles. The number of hydrogen-bond donors (Lipinski definition) is 0. The van der Waals surface area contributed by atoms with Crippen molar-refractivity contribution in [3.8, 4) is 0 Å². The van der Waals surface area contributed by atoms with Crippen LogP contribution < -0.4 is 0 Å². The smallest absolute Gasteiger partial charge is 0.307 e. The molecule has 10 heteroatoms. The highest BCUT2D eigenvalue weighted by atomic mass is 32.2. The highest BCUT2D eigenvalue weighted by molar-refractivity contribution is 7.89. The Labute approximate surface area is 188 Å². The molecule has 1 amide bonds. The summed E-state index contributed by atoms with van der Waals surface area (Å²) in [6.45, 7) is 4.28. The van der Waals surface area contributed by atoms with Crippen LogP contribution in [0.4, 0.5) is 0 Å². The second kappa shape index (κ2) is 10.3. The first-order valence-electron chi connectivity index (χ1n) is 10.6. The molecular weight excluding hydrogens is 434 g/mol. The molecule has 2 aromatic rings.